The summed E-state index contributed by atoms with van der Waals surface area (Å²) in [5, 5.41) is 7.94. The van der Waals surface area contributed by atoms with Gasteiger partial charge >= 0.3 is 0 Å². The molecule has 0 saturated carbocycles. The van der Waals surface area contributed by atoms with Crippen LogP contribution in [0.3, 0.4) is 0 Å². The van der Waals surface area contributed by atoms with Gasteiger partial charge in [-0.3, -0.25) is 0 Å². The molecule has 0 aliphatic heterocycles. The number of benzene rings is 2. The molecule has 0 fully saturated rings. The maximum Gasteiger partial charge on any atom is 0.247 e. The van der Waals surface area contributed by atoms with Gasteiger partial charge in [0.25, 0.3) is 0 Å². The Bertz CT molecular complexity index is 920. The highest BCUT2D eigenvalue weighted by Gasteiger charge is 2.13. The van der Waals surface area contributed by atoms with E-state index in [0.717, 1.165) is 16.7 Å². The second-order valence-electron chi connectivity index (χ2n) is 5.76. The van der Waals surface area contributed by atoms with Crippen LogP contribution in [0.15, 0.2) is 59.0 Å². The quantitative estimate of drug-likeness (QED) is 0.703. The summed E-state index contributed by atoms with van der Waals surface area (Å²) in [7, 11) is -3.40. The lowest BCUT2D eigenvalue weighted by Crippen LogP contribution is -2.27. The molecule has 6 nitrogen and oxygen atoms in total. The number of hydrogen-bond donors (Lipinski definition) is 1. The van der Waals surface area contributed by atoms with Crippen LogP contribution in [0.1, 0.15) is 17.0 Å². The maximum atomic E-state index is 12.1. The molecule has 3 aromatic rings. The van der Waals surface area contributed by atoms with Crippen molar-refractivity contribution in [3.63, 3.8) is 0 Å². The third kappa shape index (κ3) is 4.98. The summed E-state index contributed by atoms with van der Waals surface area (Å²) in [6.07, 6.45) is 0.340. The fraction of sp³-hybridized carbons (Fsp3) is 0.222. The van der Waals surface area contributed by atoms with E-state index in [4.69, 9.17) is 4.42 Å². The van der Waals surface area contributed by atoms with E-state index in [1.165, 1.54) is 0 Å². The molecule has 0 aliphatic carbocycles. The van der Waals surface area contributed by atoms with Gasteiger partial charge in [0.05, 0.1) is 5.75 Å². The van der Waals surface area contributed by atoms with Crippen molar-refractivity contribution in [2.24, 2.45) is 0 Å². The zero-order valence-electron chi connectivity index (χ0n) is 13.8. The van der Waals surface area contributed by atoms with Gasteiger partial charge in [-0.15, -0.1) is 10.2 Å². The third-order valence-electron chi connectivity index (χ3n) is 3.63. The highest BCUT2D eigenvalue weighted by molar-refractivity contribution is 7.88. The van der Waals surface area contributed by atoms with E-state index < -0.39 is 10.0 Å². The first kappa shape index (κ1) is 17.3. The van der Waals surface area contributed by atoms with E-state index in [0.29, 0.717) is 18.2 Å². The Labute approximate surface area is 147 Å². The van der Waals surface area contributed by atoms with Gasteiger partial charge in [0.15, 0.2) is 0 Å². The maximum absolute atomic E-state index is 12.1. The van der Waals surface area contributed by atoms with Crippen molar-refractivity contribution in [1.82, 2.24) is 14.9 Å². The molecule has 0 amide bonds. The van der Waals surface area contributed by atoms with E-state index in [9.17, 15) is 8.42 Å². The summed E-state index contributed by atoms with van der Waals surface area (Å²) >= 11 is 0. The van der Waals surface area contributed by atoms with Crippen molar-refractivity contribution in [1.29, 1.82) is 0 Å². The van der Waals surface area contributed by atoms with Crippen molar-refractivity contribution in [2.75, 3.05) is 6.54 Å². The average molecular weight is 357 g/mol. The normalized spacial score (nSPS) is 11.6. The van der Waals surface area contributed by atoms with Crippen molar-refractivity contribution in [3.05, 3.63) is 71.6 Å². The Morgan fingerprint density at radius 1 is 1.00 bits per heavy atom. The van der Waals surface area contributed by atoms with Gasteiger partial charge in [-0.2, -0.15) is 0 Å². The van der Waals surface area contributed by atoms with Crippen molar-refractivity contribution in [2.45, 2.75) is 19.1 Å². The summed E-state index contributed by atoms with van der Waals surface area (Å²) in [5.74, 6) is 0.779. The first-order valence-electron chi connectivity index (χ1n) is 7.92. The highest BCUT2D eigenvalue weighted by atomic mass is 32.2. The first-order valence-corrected chi connectivity index (χ1v) is 9.58. The Hall–Kier alpha value is -2.51. The molecular weight excluding hydrogens is 338 g/mol. The second-order valence-corrected chi connectivity index (χ2v) is 7.56. The Balaban J connectivity index is 1.54. The van der Waals surface area contributed by atoms with Gasteiger partial charge in [0.2, 0.25) is 21.8 Å². The fourth-order valence-electron chi connectivity index (χ4n) is 2.32. The van der Waals surface area contributed by atoms with Gasteiger partial charge in [0.1, 0.15) is 0 Å². The van der Waals surface area contributed by atoms with Crippen LogP contribution in [0.5, 0.6) is 0 Å². The molecule has 0 radical (unpaired) electrons. The Morgan fingerprint density at radius 2 is 1.72 bits per heavy atom. The van der Waals surface area contributed by atoms with E-state index in [2.05, 4.69) is 14.9 Å². The Kier molecular flexibility index (Phi) is 5.25. The molecule has 0 atom stereocenters. The minimum Gasteiger partial charge on any atom is -0.421 e. The van der Waals surface area contributed by atoms with Gasteiger partial charge in [-0.25, -0.2) is 13.1 Å². The SMILES string of the molecule is Cc1ccc(CS(=O)(=O)NCCc2nnc(-c3ccccc3)o2)cc1. The smallest absolute Gasteiger partial charge is 0.247 e. The van der Waals surface area contributed by atoms with Gasteiger partial charge in [0, 0.05) is 18.5 Å². The summed E-state index contributed by atoms with van der Waals surface area (Å²) < 4.78 is 32.4. The average Bonchev–Trinajstić information content (AvgIpc) is 3.06. The van der Waals surface area contributed by atoms with E-state index in [-0.39, 0.29) is 12.3 Å². The van der Waals surface area contributed by atoms with Crippen LogP contribution in [0.2, 0.25) is 0 Å². The van der Waals surface area contributed by atoms with E-state index in [1.807, 2.05) is 61.5 Å². The van der Waals surface area contributed by atoms with Crippen LogP contribution in [-0.4, -0.2) is 25.2 Å². The number of rotatable bonds is 7. The molecule has 1 N–H and O–H groups in total. The predicted molar refractivity (Wildman–Crippen MR) is 95.2 cm³/mol. The lowest BCUT2D eigenvalue weighted by Gasteiger charge is -2.06. The standard InChI is InChI=1S/C18H19N3O3S/c1-14-7-9-15(10-8-14)13-25(22,23)19-12-11-17-20-21-18(24-17)16-5-3-2-4-6-16/h2-10,19H,11-13H2,1H3. The highest BCUT2D eigenvalue weighted by Crippen LogP contribution is 2.17. The van der Waals surface area contributed by atoms with Crippen LogP contribution in [0, 0.1) is 6.92 Å². The largest absolute Gasteiger partial charge is 0.421 e. The number of sulfonamides is 1. The van der Waals surface area contributed by atoms with Crippen molar-refractivity contribution in [3.8, 4) is 11.5 Å². The van der Waals surface area contributed by atoms with Crippen LogP contribution < -0.4 is 4.72 Å². The number of aromatic nitrogens is 2. The van der Waals surface area contributed by atoms with Crippen molar-refractivity contribution < 1.29 is 12.8 Å². The summed E-state index contributed by atoms with van der Waals surface area (Å²) in [4.78, 5) is 0. The summed E-state index contributed by atoms with van der Waals surface area (Å²) in [5.41, 5.74) is 2.68. The van der Waals surface area contributed by atoms with E-state index in [1.54, 1.807) is 0 Å². The van der Waals surface area contributed by atoms with Gasteiger partial charge in [-0.05, 0) is 24.6 Å². The molecule has 3 rings (SSSR count). The summed E-state index contributed by atoms with van der Waals surface area (Å²) in [6, 6.07) is 16.9. The molecule has 0 saturated heterocycles. The number of hydrogen-bond acceptors (Lipinski definition) is 5. The Morgan fingerprint density at radius 3 is 2.44 bits per heavy atom. The topological polar surface area (TPSA) is 85.1 Å². The number of nitrogens with one attached hydrogen (secondary N) is 1. The molecule has 0 bridgehead atoms. The molecule has 0 aliphatic rings. The van der Waals surface area contributed by atoms with Crippen LogP contribution >= 0.6 is 0 Å². The van der Waals surface area contributed by atoms with E-state index >= 15 is 0 Å². The van der Waals surface area contributed by atoms with Gasteiger partial charge < -0.3 is 4.42 Å². The zero-order valence-corrected chi connectivity index (χ0v) is 14.7. The van der Waals surface area contributed by atoms with Gasteiger partial charge in [-0.1, -0.05) is 48.0 Å². The second kappa shape index (κ2) is 7.58. The number of nitrogens with zero attached hydrogens (tertiary/aromatic N) is 2. The third-order valence-corrected chi connectivity index (χ3v) is 4.98. The molecule has 7 heteroatoms. The lowest BCUT2D eigenvalue weighted by atomic mass is 10.2. The lowest BCUT2D eigenvalue weighted by molar-refractivity contribution is 0.502. The molecule has 0 unspecified atom stereocenters. The molecule has 1 heterocycles. The molecule has 130 valence electrons. The van der Waals surface area contributed by atoms with Crippen LogP contribution in [-0.2, 0) is 22.2 Å². The predicted octanol–water partition coefficient (Wildman–Crippen LogP) is 2.71. The number of aryl methyl sites for hydroxylation is 1. The molecular formula is C18H19N3O3S. The minimum atomic E-state index is -3.40. The van der Waals surface area contributed by atoms with Crippen LogP contribution in [0.25, 0.3) is 11.5 Å². The first-order chi connectivity index (χ1) is 12.0. The minimum absolute atomic E-state index is 0.0492. The molecule has 2 aromatic carbocycles. The monoisotopic (exact) mass is 357 g/mol. The van der Waals surface area contributed by atoms with Crippen LogP contribution in [0.4, 0.5) is 0 Å². The molecule has 25 heavy (non-hydrogen) atoms. The van der Waals surface area contributed by atoms with Crippen molar-refractivity contribution >= 4 is 10.0 Å². The summed E-state index contributed by atoms with van der Waals surface area (Å²) in [6.45, 7) is 2.18. The molecule has 1 aromatic heterocycles. The zero-order chi connectivity index (χ0) is 17.7. The molecule has 0 spiro atoms. The fourth-order valence-corrected chi connectivity index (χ4v) is 3.47.